The summed E-state index contributed by atoms with van der Waals surface area (Å²) in [6.45, 7) is 0.647. The predicted octanol–water partition coefficient (Wildman–Crippen LogP) is 3.02. The van der Waals surface area contributed by atoms with Crippen LogP contribution >= 0.6 is 11.8 Å². The number of hydrogen-bond acceptors (Lipinski definition) is 5. The molecule has 0 aliphatic heterocycles. The van der Waals surface area contributed by atoms with Gasteiger partial charge in [-0.3, -0.25) is 0 Å². The van der Waals surface area contributed by atoms with Crippen molar-refractivity contribution >= 4 is 11.8 Å². The van der Waals surface area contributed by atoms with Gasteiger partial charge in [0.25, 0.3) is 0 Å². The molecule has 0 unspecified atom stereocenters. The molecule has 22 heavy (non-hydrogen) atoms. The normalized spacial score (nSPS) is 10.6. The number of aromatic nitrogens is 4. The molecule has 3 aromatic rings. The van der Waals surface area contributed by atoms with Gasteiger partial charge in [-0.25, -0.2) is 4.68 Å². The van der Waals surface area contributed by atoms with Crippen LogP contribution in [0, 0.1) is 0 Å². The molecular formula is C16H16N4OS. The number of benzene rings is 2. The lowest BCUT2D eigenvalue weighted by atomic mass is 10.2. The van der Waals surface area contributed by atoms with Crippen LogP contribution in [0.4, 0.5) is 0 Å². The van der Waals surface area contributed by atoms with Crippen LogP contribution in [0.15, 0.2) is 59.8 Å². The maximum atomic E-state index is 5.16. The van der Waals surface area contributed by atoms with Gasteiger partial charge in [-0.1, -0.05) is 54.2 Å². The third-order valence-corrected chi connectivity index (χ3v) is 4.23. The number of hydrogen-bond donors (Lipinski definition) is 0. The average molecular weight is 312 g/mol. The van der Waals surface area contributed by atoms with Crippen molar-refractivity contribution in [3.8, 4) is 5.75 Å². The van der Waals surface area contributed by atoms with Crippen LogP contribution in [0.25, 0.3) is 0 Å². The SMILES string of the molecule is COc1ccc(Cn2nnnc2SCc2ccccc2)cc1. The Morgan fingerprint density at radius 1 is 1.00 bits per heavy atom. The highest BCUT2D eigenvalue weighted by atomic mass is 32.2. The summed E-state index contributed by atoms with van der Waals surface area (Å²) in [5.74, 6) is 1.70. The Morgan fingerprint density at radius 3 is 2.50 bits per heavy atom. The molecule has 2 aromatic carbocycles. The lowest BCUT2D eigenvalue weighted by molar-refractivity contribution is 0.414. The topological polar surface area (TPSA) is 52.8 Å². The van der Waals surface area contributed by atoms with Crippen molar-refractivity contribution in [2.24, 2.45) is 0 Å². The molecule has 0 bridgehead atoms. The number of nitrogens with zero attached hydrogens (tertiary/aromatic N) is 4. The van der Waals surface area contributed by atoms with Crippen LogP contribution in [0.5, 0.6) is 5.75 Å². The number of tetrazole rings is 1. The summed E-state index contributed by atoms with van der Waals surface area (Å²) in [6, 6.07) is 18.2. The van der Waals surface area contributed by atoms with Gasteiger partial charge in [0.15, 0.2) is 0 Å². The van der Waals surface area contributed by atoms with Crippen LogP contribution in [0.3, 0.4) is 0 Å². The summed E-state index contributed by atoms with van der Waals surface area (Å²) in [5, 5.41) is 12.8. The highest BCUT2D eigenvalue weighted by Gasteiger charge is 2.08. The second-order valence-corrected chi connectivity index (χ2v) is 5.68. The first-order valence-electron chi connectivity index (χ1n) is 6.91. The standard InChI is InChI=1S/C16H16N4OS/c1-21-15-9-7-13(8-10-15)11-20-16(17-18-19-20)22-12-14-5-3-2-4-6-14/h2-10H,11-12H2,1H3. The molecule has 0 aliphatic carbocycles. The zero-order valence-electron chi connectivity index (χ0n) is 12.2. The van der Waals surface area contributed by atoms with Gasteiger partial charge >= 0.3 is 0 Å². The summed E-state index contributed by atoms with van der Waals surface area (Å²) in [6.07, 6.45) is 0. The van der Waals surface area contributed by atoms with Gasteiger partial charge in [0, 0.05) is 5.75 Å². The fourth-order valence-corrected chi connectivity index (χ4v) is 2.86. The van der Waals surface area contributed by atoms with Gasteiger partial charge in [-0.05, 0) is 33.7 Å². The Hall–Kier alpha value is -2.34. The molecule has 1 heterocycles. The monoisotopic (exact) mass is 312 g/mol. The smallest absolute Gasteiger partial charge is 0.209 e. The average Bonchev–Trinajstić information content (AvgIpc) is 3.02. The number of rotatable bonds is 6. The van der Waals surface area contributed by atoms with E-state index in [0.717, 1.165) is 22.2 Å². The summed E-state index contributed by atoms with van der Waals surface area (Å²) in [7, 11) is 1.66. The Bertz CT molecular complexity index is 713. The first-order chi connectivity index (χ1) is 10.8. The molecule has 0 atom stereocenters. The third-order valence-electron chi connectivity index (χ3n) is 3.20. The summed E-state index contributed by atoms with van der Waals surface area (Å²) < 4.78 is 6.98. The summed E-state index contributed by atoms with van der Waals surface area (Å²) >= 11 is 1.64. The number of methoxy groups -OCH3 is 1. The zero-order valence-corrected chi connectivity index (χ0v) is 13.0. The van der Waals surface area contributed by atoms with Crippen LogP contribution in [0.2, 0.25) is 0 Å². The van der Waals surface area contributed by atoms with E-state index in [9.17, 15) is 0 Å². The fourth-order valence-electron chi connectivity index (χ4n) is 2.03. The van der Waals surface area contributed by atoms with Crippen LogP contribution in [-0.4, -0.2) is 27.3 Å². The van der Waals surface area contributed by atoms with Crippen LogP contribution < -0.4 is 4.74 Å². The Balaban J connectivity index is 1.66. The van der Waals surface area contributed by atoms with E-state index in [0.29, 0.717) is 6.54 Å². The number of thioether (sulfide) groups is 1. The van der Waals surface area contributed by atoms with Crippen molar-refractivity contribution in [3.05, 3.63) is 65.7 Å². The molecule has 0 saturated heterocycles. The van der Waals surface area contributed by atoms with E-state index in [1.165, 1.54) is 5.56 Å². The van der Waals surface area contributed by atoms with Gasteiger partial charge in [0.05, 0.1) is 13.7 Å². The van der Waals surface area contributed by atoms with Gasteiger partial charge < -0.3 is 4.74 Å². The molecule has 112 valence electrons. The van der Waals surface area contributed by atoms with Gasteiger partial charge in [-0.15, -0.1) is 5.10 Å². The highest BCUT2D eigenvalue weighted by molar-refractivity contribution is 7.98. The summed E-state index contributed by atoms with van der Waals surface area (Å²) in [4.78, 5) is 0. The van der Waals surface area contributed by atoms with Crippen molar-refractivity contribution in [3.63, 3.8) is 0 Å². The number of ether oxygens (including phenoxy) is 1. The van der Waals surface area contributed by atoms with E-state index < -0.39 is 0 Å². The highest BCUT2D eigenvalue weighted by Crippen LogP contribution is 2.20. The zero-order chi connectivity index (χ0) is 15.2. The molecule has 0 amide bonds. The molecule has 5 nitrogen and oxygen atoms in total. The largest absolute Gasteiger partial charge is 0.497 e. The van der Waals surface area contributed by atoms with Gasteiger partial charge in [0.1, 0.15) is 5.75 Å². The van der Waals surface area contributed by atoms with Crippen LogP contribution in [0.1, 0.15) is 11.1 Å². The fraction of sp³-hybridized carbons (Fsp3) is 0.188. The van der Waals surface area contributed by atoms with E-state index in [4.69, 9.17) is 4.74 Å². The van der Waals surface area contributed by atoms with E-state index in [-0.39, 0.29) is 0 Å². The Labute approximate surface area is 133 Å². The van der Waals surface area contributed by atoms with Crippen molar-refractivity contribution in [2.45, 2.75) is 17.5 Å². The minimum atomic E-state index is 0.647. The molecule has 0 radical (unpaired) electrons. The Morgan fingerprint density at radius 2 is 1.77 bits per heavy atom. The van der Waals surface area contributed by atoms with E-state index in [1.807, 2.05) is 47.1 Å². The minimum Gasteiger partial charge on any atom is -0.497 e. The lowest BCUT2D eigenvalue weighted by Crippen LogP contribution is -2.04. The van der Waals surface area contributed by atoms with Gasteiger partial charge in [0.2, 0.25) is 5.16 Å². The van der Waals surface area contributed by atoms with Crippen LogP contribution in [-0.2, 0) is 12.3 Å². The van der Waals surface area contributed by atoms with Crippen molar-refractivity contribution in [1.29, 1.82) is 0 Å². The second kappa shape index (κ2) is 7.09. The molecule has 0 fully saturated rings. The van der Waals surface area contributed by atoms with E-state index >= 15 is 0 Å². The summed E-state index contributed by atoms with van der Waals surface area (Å²) in [5.41, 5.74) is 2.39. The second-order valence-electron chi connectivity index (χ2n) is 4.74. The van der Waals surface area contributed by atoms with E-state index in [2.05, 4.69) is 27.7 Å². The van der Waals surface area contributed by atoms with Crippen molar-refractivity contribution in [1.82, 2.24) is 20.2 Å². The Kier molecular flexibility index (Phi) is 4.70. The third kappa shape index (κ3) is 3.65. The van der Waals surface area contributed by atoms with Gasteiger partial charge in [-0.2, -0.15) is 0 Å². The van der Waals surface area contributed by atoms with Crippen molar-refractivity contribution in [2.75, 3.05) is 7.11 Å². The maximum absolute atomic E-state index is 5.16. The molecule has 1 aromatic heterocycles. The van der Waals surface area contributed by atoms with Crippen molar-refractivity contribution < 1.29 is 4.74 Å². The molecule has 0 spiro atoms. The molecule has 0 aliphatic rings. The maximum Gasteiger partial charge on any atom is 0.209 e. The molecule has 6 heteroatoms. The molecular weight excluding hydrogens is 296 g/mol. The molecule has 0 N–H and O–H groups in total. The predicted molar refractivity (Wildman–Crippen MR) is 85.9 cm³/mol. The quantitative estimate of drug-likeness (QED) is 0.655. The molecule has 3 rings (SSSR count). The van der Waals surface area contributed by atoms with E-state index in [1.54, 1.807) is 18.9 Å². The first kappa shape index (κ1) is 14.6. The lowest BCUT2D eigenvalue weighted by Gasteiger charge is -2.06. The molecule has 0 saturated carbocycles. The minimum absolute atomic E-state index is 0.647. The first-order valence-corrected chi connectivity index (χ1v) is 7.89.